The molecule has 0 saturated carbocycles. The van der Waals surface area contributed by atoms with E-state index in [1.165, 1.54) is 45.0 Å². The number of hydrogen-bond acceptors (Lipinski definition) is 2. The highest BCUT2D eigenvalue weighted by molar-refractivity contribution is 6.30. The zero-order valence-corrected chi connectivity index (χ0v) is 12.2. The number of rotatable bonds is 5. The molecule has 106 valence electrons. The van der Waals surface area contributed by atoms with Gasteiger partial charge in [-0.25, -0.2) is 4.39 Å². The highest BCUT2D eigenvalue weighted by atomic mass is 35.5. The molecule has 1 aromatic rings. The van der Waals surface area contributed by atoms with Crippen molar-refractivity contribution in [2.75, 3.05) is 19.6 Å². The second-order valence-electron chi connectivity index (χ2n) is 5.25. The summed E-state index contributed by atoms with van der Waals surface area (Å²) in [5.74, 6) is -0.349. The number of hydrogen-bond donors (Lipinski definition) is 1. The van der Waals surface area contributed by atoms with Crippen LogP contribution in [0.25, 0.3) is 0 Å². The first-order chi connectivity index (χ1) is 9.19. The minimum Gasteiger partial charge on any atom is -0.310 e. The van der Waals surface area contributed by atoms with Crippen molar-refractivity contribution in [2.24, 2.45) is 0 Å². The lowest BCUT2D eigenvalue weighted by atomic mass is 10.0. The molecule has 0 bridgehead atoms. The summed E-state index contributed by atoms with van der Waals surface area (Å²) < 4.78 is 13.1. The molecule has 1 aromatic carbocycles. The van der Waals surface area contributed by atoms with E-state index in [4.69, 9.17) is 11.6 Å². The van der Waals surface area contributed by atoms with Crippen molar-refractivity contribution in [3.05, 3.63) is 34.6 Å². The van der Waals surface area contributed by atoms with Gasteiger partial charge in [0.1, 0.15) is 5.82 Å². The maximum Gasteiger partial charge on any atom is 0.141 e. The fourth-order valence-electron chi connectivity index (χ4n) is 2.59. The number of nitrogens with zero attached hydrogens (tertiary/aromatic N) is 1. The first-order valence-corrected chi connectivity index (χ1v) is 7.46. The van der Waals surface area contributed by atoms with E-state index in [1.54, 1.807) is 12.1 Å². The fourth-order valence-corrected chi connectivity index (χ4v) is 2.79. The topological polar surface area (TPSA) is 15.3 Å². The van der Waals surface area contributed by atoms with E-state index >= 15 is 0 Å². The van der Waals surface area contributed by atoms with Gasteiger partial charge in [0.2, 0.25) is 0 Å². The highest BCUT2D eigenvalue weighted by Crippen LogP contribution is 2.17. The standard InChI is InChI=1S/C15H22ClFN2/c1-2-7-19-8-5-13(6-9-19)18-11-12-3-4-15(17)14(16)10-12/h3-4,10,13,18H,2,5-9,11H2,1H3. The second-order valence-corrected chi connectivity index (χ2v) is 5.65. The summed E-state index contributed by atoms with van der Waals surface area (Å²) >= 11 is 5.78. The molecule has 2 rings (SSSR count). The van der Waals surface area contributed by atoms with Gasteiger partial charge in [-0.05, 0) is 56.6 Å². The van der Waals surface area contributed by atoms with Gasteiger partial charge in [-0.1, -0.05) is 24.6 Å². The van der Waals surface area contributed by atoms with Crippen LogP contribution < -0.4 is 5.32 Å². The molecular formula is C15H22ClFN2. The van der Waals surface area contributed by atoms with E-state index in [0.29, 0.717) is 6.04 Å². The molecule has 1 aliphatic rings. The Labute approximate surface area is 119 Å². The van der Waals surface area contributed by atoms with E-state index in [-0.39, 0.29) is 10.8 Å². The summed E-state index contributed by atoms with van der Waals surface area (Å²) in [6.07, 6.45) is 3.61. The average Bonchev–Trinajstić information content (AvgIpc) is 2.42. The average molecular weight is 285 g/mol. The van der Waals surface area contributed by atoms with Crippen molar-refractivity contribution < 1.29 is 4.39 Å². The predicted octanol–water partition coefficient (Wildman–Crippen LogP) is 3.44. The molecule has 4 heteroatoms. The molecule has 0 unspecified atom stereocenters. The van der Waals surface area contributed by atoms with Gasteiger partial charge in [0.15, 0.2) is 0 Å². The van der Waals surface area contributed by atoms with Gasteiger partial charge in [-0.2, -0.15) is 0 Å². The molecule has 2 nitrogen and oxygen atoms in total. The van der Waals surface area contributed by atoms with Crippen LogP contribution in [0.2, 0.25) is 5.02 Å². The molecule has 19 heavy (non-hydrogen) atoms. The molecular weight excluding hydrogens is 263 g/mol. The highest BCUT2D eigenvalue weighted by Gasteiger charge is 2.17. The van der Waals surface area contributed by atoms with Crippen LogP contribution in [0.3, 0.4) is 0 Å². The summed E-state index contributed by atoms with van der Waals surface area (Å²) in [4.78, 5) is 2.52. The molecule has 0 amide bonds. The van der Waals surface area contributed by atoms with Crippen LogP contribution in [0.1, 0.15) is 31.7 Å². The molecule has 1 fully saturated rings. The fraction of sp³-hybridized carbons (Fsp3) is 0.600. The third-order valence-electron chi connectivity index (χ3n) is 3.71. The van der Waals surface area contributed by atoms with Gasteiger partial charge in [0.25, 0.3) is 0 Å². The molecule has 1 saturated heterocycles. The summed E-state index contributed by atoms with van der Waals surface area (Å²) in [5, 5.41) is 3.75. The van der Waals surface area contributed by atoms with Gasteiger partial charge in [0, 0.05) is 12.6 Å². The number of benzene rings is 1. The van der Waals surface area contributed by atoms with Crippen molar-refractivity contribution in [1.82, 2.24) is 10.2 Å². The Hall–Kier alpha value is -0.640. The maximum atomic E-state index is 13.1. The van der Waals surface area contributed by atoms with Gasteiger partial charge in [0.05, 0.1) is 5.02 Å². The lowest BCUT2D eigenvalue weighted by Gasteiger charge is -2.32. The van der Waals surface area contributed by atoms with Crippen LogP contribution >= 0.6 is 11.6 Å². The van der Waals surface area contributed by atoms with Crippen LogP contribution in [0, 0.1) is 5.82 Å². The lowest BCUT2D eigenvalue weighted by Crippen LogP contribution is -2.42. The summed E-state index contributed by atoms with van der Waals surface area (Å²) in [6, 6.07) is 5.50. The maximum absolute atomic E-state index is 13.1. The van der Waals surface area contributed by atoms with E-state index in [0.717, 1.165) is 12.1 Å². The van der Waals surface area contributed by atoms with Crippen molar-refractivity contribution in [2.45, 2.75) is 38.8 Å². The van der Waals surface area contributed by atoms with Crippen LogP contribution in [0.5, 0.6) is 0 Å². The Morgan fingerprint density at radius 1 is 1.37 bits per heavy atom. The largest absolute Gasteiger partial charge is 0.310 e. The zero-order chi connectivity index (χ0) is 13.7. The quantitative estimate of drug-likeness (QED) is 0.891. The first kappa shape index (κ1) is 14.8. The van der Waals surface area contributed by atoms with Crippen molar-refractivity contribution in [3.8, 4) is 0 Å². The molecule has 0 atom stereocenters. The monoisotopic (exact) mass is 284 g/mol. The zero-order valence-electron chi connectivity index (χ0n) is 11.5. The predicted molar refractivity (Wildman–Crippen MR) is 78.0 cm³/mol. The Morgan fingerprint density at radius 2 is 2.11 bits per heavy atom. The third-order valence-corrected chi connectivity index (χ3v) is 4.00. The summed E-state index contributed by atoms with van der Waals surface area (Å²) in [6.45, 7) is 6.55. The number of likely N-dealkylation sites (tertiary alicyclic amines) is 1. The minimum atomic E-state index is -0.349. The number of nitrogens with one attached hydrogen (secondary N) is 1. The molecule has 0 radical (unpaired) electrons. The van der Waals surface area contributed by atoms with E-state index < -0.39 is 0 Å². The number of piperidine rings is 1. The third kappa shape index (κ3) is 4.44. The van der Waals surface area contributed by atoms with Gasteiger partial charge in [-0.15, -0.1) is 0 Å². The molecule has 1 heterocycles. The molecule has 1 aliphatic heterocycles. The van der Waals surface area contributed by atoms with Crippen molar-refractivity contribution >= 4 is 11.6 Å². The smallest absolute Gasteiger partial charge is 0.141 e. The van der Waals surface area contributed by atoms with Crippen molar-refractivity contribution in [1.29, 1.82) is 0 Å². The van der Waals surface area contributed by atoms with Gasteiger partial charge >= 0.3 is 0 Å². The first-order valence-electron chi connectivity index (χ1n) is 7.08. The van der Waals surface area contributed by atoms with Crippen LogP contribution in [0.15, 0.2) is 18.2 Å². The van der Waals surface area contributed by atoms with E-state index in [1.807, 2.05) is 0 Å². The normalized spacial score (nSPS) is 17.8. The molecule has 1 N–H and O–H groups in total. The SMILES string of the molecule is CCCN1CCC(NCc2ccc(F)c(Cl)c2)CC1. The Bertz CT molecular complexity index is 403. The molecule has 0 aromatic heterocycles. The Morgan fingerprint density at radius 3 is 2.74 bits per heavy atom. The van der Waals surface area contributed by atoms with Gasteiger partial charge < -0.3 is 10.2 Å². The summed E-state index contributed by atoms with van der Waals surface area (Å²) in [5.41, 5.74) is 1.04. The van der Waals surface area contributed by atoms with E-state index in [2.05, 4.69) is 17.1 Å². The molecule has 0 aliphatic carbocycles. The van der Waals surface area contributed by atoms with Gasteiger partial charge in [-0.3, -0.25) is 0 Å². The summed E-state index contributed by atoms with van der Waals surface area (Å²) in [7, 11) is 0. The lowest BCUT2D eigenvalue weighted by molar-refractivity contribution is 0.197. The molecule has 0 spiro atoms. The van der Waals surface area contributed by atoms with Crippen LogP contribution in [0.4, 0.5) is 4.39 Å². The second kappa shape index (κ2) is 7.22. The minimum absolute atomic E-state index is 0.206. The van der Waals surface area contributed by atoms with E-state index in [9.17, 15) is 4.39 Å². The number of halogens is 2. The van der Waals surface area contributed by atoms with Crippen LogP contribution in [-0.4, -0.2) is 30.6 Å². The Kier molecular flexibility index (Phi) is 5.61. The van der Waals surface area contributed by atoms with Crippen molar-refractivity contribution in [3.63, 3.8) is 0 Å². The Balaban J connectivity index is 1.75. The van der Waals surface area contributed by atoms with Crippen LogP contribution in [-0.2, 0) is 6.54 Å².